The van der Waals surface area contributed by atoms with Crippen molar-refractivity contribution in [2.45, 2.75) is 60.4 Å². The minimum Gasteiger partial charge on any atom is -0.341 e. The Morgan fingerprint density at radius 1 is 0.660 bits per heavy atom. The van der Waals surface area contributed by atoms with E-state index in [1.54, 1.807) is 36.4 Å². The molecule has 6 rings (SSSR count). The fourth-order valence-corrected chi connectivity index (χ4v) is 6.13. The summed E-state index contributed by atoms with van der Waals surface area (Å²) in [5.41, 5.74) is 11.1. The molecule has 0 radical (unpaired) electrons. The van der Waals surface area contributed by atoms with Crippen molar-refractivity contribution in [2.24, 2.45) is 5.73 Å². The molecule has 0 spiro atoms. The van der Waals surface area contributed by atoms with Gasteiger partial charge in [0.25, 0.3) is 30.4 Å². The number of para-hydroxylation sites is 2. The van der Waals surface area contributed by atoms with Crippen molar-refractivity contribution in [2.75, 3.05) is 13.6 Å². The number of fused-ring (bicyclic) bond motifs is 1. The largest absolute Gasteiger partial charge is 0.341 e. The van der Waals surface area contributed by atoms with Gasteiger partial charge in [0.2, 0.25) is 0 Å². The van der Waals surface area contributed by atoms with Crippen LogP contribution in [0.5, 0.6) is 0 Å². The van der Waals surface area contributed by atoms with E-state index in [1.165, 1.54) is 36.4 Å². The highest BCUT2D eigenvalue weighted by Gasteiger charge is 2.27. The van der Waals surface area contributed by atoms with E-state index in [1.807, 2.05) is 39.0 Å². The number of aryl methyl sites for hydroxylation is 3. The molecule has 1 aromatic heterocycles. The minimum atomic E-state index is -4.02. The average molecular weight is 747 g/mol. The third kappa shape index (κ3) is 12.7. The van der Waals surface area contributed by atoms with Crippen molar-refractivity contribution in [3.63, 3.8) is 0 Å². The van der Waals surface area contributed by atoms with Crippen molar-refractivity contribution in [1.82, 2.24) is 14.9 Å². The summed E-state index contributed by atoms with van der Waals surface area (Å²) in [6.07, 6.45) is 2.06. The zero-order valence-corrected chi connectivity index (χ0v) is 30.5. The summed E-state index contributed by atoms with van der Waals surface area (Å²) in [5, 5.41) is 0. The Morgan fingerprint density at radius 2 is 1.04 bits per heavy atom. The molecule has 2 atom stereocenters. The van der Waals surface area contributed by atoms with Gasteiger partial charge in [0, 0.05) is 12.6 Å². The summed E-state index contributed by atoms with van der Waals surface area (Å²) in [5.74, 6) is 1.05. The maximum absolute atomic E-state index is 10.5. The lowest BCUT2D eigenvalue weighted by molar-refractivity contribution is 0.165. The zero-order chi connectivity index (χ0) is 37.3. The lowest BCUT2D eigenvalue weighted by Gasteiger charge is -2.34. The van der Waals surface area contributed by atoms with Gasteiger partial charge in [-0.25, -0.2) is 4.98 Å². The molecule has 1 aliphatic heterocycles. The Labute approximate surface area is 293 Å². The Hall–Kier alpha value is -4.00. The van der Waals surface area contributed by atoms with Crippen LogP contribution in [0.1, 0.15) is 41.4 Å². The van der Waals surface area contributed by atoms with E-state index in [-0.39, 0.29) is 14.7 Å². The first-order valence-corrected chi connectivity index (χ1v) is 19.6. The van der Waals surface area contributed by atoms with Gasteiger partial charge in [-0.15, -0.1) is 0 Å². The standard InChI is InChI=1S/C13H18N4.3C7H8O3S/c1-17-7-6-9(14)8-12(17)13-15-10-4-2-3-5-11(10)16-13;3*1-6-2-4-7(5-3-6)11(8,9)10/h2-5,9,12H,6-8,14H2,1H3,(H,15,16);3*2-5H,1H3,(H,8,9,10)/t9-,12?;;;/m1.../s1. The van der Waals surface area contributed by atoms with Gasteiger partial charge >= 0.3 is 0 Å². The van der Waals surface area contributed by atoms with Crippen LogP contribution in [-0.4, -0.2) is 73.4 Å². The van der Waals surface area contributed by atoms with Crippen LogP contribution < -0.4 is 5.73 Å². The van der Waals surface area contributed by atoms with Gasteiger partial charge in [0.05, 0.1) is 31.8 Å². The average Bonchev–Trinajstić information content (AvgIpc) is 3.47. The molecule has 0 bridgehead atoms. The van der Waals surface area contributed by atoms with Gasteiger partial charge in [-0.05, 0) is 89.2 Å². The molecule has 2 heterocycles. The Kier molecular flexibility index (Phi) is 14.0. The molecule has 4 aromatic carbocycles. The molecule has 0 amide bonds. The number of aromatic nitrogens is 2. The number of H-pyrrole nitrogens is 1. The van der Waals surface area contributed by atoms with Gasteiger partial charge in [-0.3, -0.25) is 18.6 Å². The van der Waals surface area contributed by atoms with Crippen LogP contribution in [0.15, 0.2) is 112 Å². The highest BCUT2D eigenvalue weighted by atomic mass is 32.2. The molecular weight excluding hydrogens is 705 g/mol. The summed E-state index contributed by atoms with van der Waals surface area (Å²) in [6.45, 7) is 6.57. The van der Waals surface area contributed by atoms with E-state index in [0.717, 1.165) is 52.9 Å². The first-order chi connectivity index (χ1) is 23.2. The molecule has 0 saturated carbocycles. The summed E-state index contributed by atoms with van der Waals surface area (Å²) < 4.78 is 88.7. The number of nitrogens with two attached hydrogens (primary N) is 1. The maximum atomic E-state index is 10.5. The van der Waals surface area contributed by atoms with E-state index in [2.05, 4.69) is 28.0 Å². The van der Waals surface area contributed by atoms with Crippen LogP contribution >= 0.6 is 0 Å². The second kappa shape index (κ2) is 17.3. The Bertz CT molecular complexity index is 1960. The number of benzene rings is 4. The number of nitrogens with zero attached hydrogens (tertiary/aromatic N) is 2. The number of rotatable bonds is 4. The number of likely N-dealkylation sites (tertiary alicyclic amines) is 1. The lowest BCUT2D eigenvalue weighted by Crippen LogP contribution is -2.40. The predicted octanol–water partition coefficient (Wildman–Crippen LogP) is 5.38. The summed E-state index contributed by atoms with van der Waals surface area (Å²) >= 11 is 0. The van der Waals surface area contributed by atoms with Crippen LogP contribution in [0.3, 0.4) is 0 Å². The molecule has 1 aliphatic rings. The molecule has 13 nitrogen and oxygen atoms in total. The van der Waals surface area contributed by atoms with Crippen molar-refractivity contribution in [3.05, 3.63) is 120 Å². The molecule has 16 heteroatoms. The van der Waals surface area contributed by atoms with Crippen molar-refractivity contribution in [3.8, 4) is 0 Å². The van der Waals surface area contributed by atoms with Crippen molar-refractivity contribution < 1.29 is 38.9 Å². The predicted molar refractivity (Wildman–Crippen MR) is 192 cm³/mol. The monoisotopic (exact) mass is 746 g/mol. The lowest BCUT2D eigenvalue weighted by atomic mass is 9.98. The van der Waals surface area contributed by atoms with Gasteiger partial charge < -0.3 is 10.7 Å². The third-order valence-electron chi connectivity index (χ3n) is 7.59. The molecule has 6 N–H and O–H groups in total. The summed E-state index contributed by atoms with van der Waals surface area (Å²) in [4.78, 5) is 10.2. The van der Waals surface area contributed by atoms with Crippen molar-refractivity contribution >= 4 is 41.4 Å². The first-order valence-electron chi connectivity index (χ1n) is 15.3. The molecule has 5 aromatic rings. The number of piperidine rings is 1. The van der Waals surface area contributed by atoms with Crippen LogP contribution in [0.2, 0.25) is 0 Å². The molecule has 1 unspecified atom stereocenters. The molecule has 270 valence electrons. The fourth-order valence-electron chi connectivity index (χ4n) is 4.69. The summed E-state index contributed by atoms with van der Waals surface area (Å²) in [7, 11) is -9.92. The van der Waals surface area contributed by atoms with Crippen LogP contribution in [-0.2, 0) is 30.4 Å². The van der Waals surface area contributed by atoms with E-state index in [9.17, 15) is 25.3 Å². The molecular formula is C34H42N4O9S3. The van der Waals surface area contributed by atoms with E-state index in [0.29, 0.717) is 12.1 Å². The second-order valence-electron chi connectivity index (χ2n) is 11.8. The number of imidazole rings is 1. The summed E-state index contributed by atoms with van der Waals surface area (Å²) in [6, 6.07) is 26.7. The normalized spacial score (nSPS) is 16.6. The minimum absolute atomic E-state index is 0.0666. The van der Waals surface area contributed by atoms with Gasteiger partial charge in [-0.2, -0.15) is 25.3 Å². The van der Waals surface area contributed by atoms with Crippen LogP contribution in [0, 0.1) is 20.8 Å². The number of nitrogens with one attached hydrogen (secondary N) is 1. The van der Waals surface area contributed by atoms with Crippen LogP contribution in [0.25, 0.3) is 11.0 Å². The van der Waals surface area contributed by atoms with Crippen LogP contribution in [0.4, 0.5) is 0 Å². The Morgan fingerprint density at radius 3 is 1.40 bits per heavy atom. The second-order valence-corrected chi connectivity index (χ2v) is 16.0. The third-order valence-corrected chi connectivity index (χ3v) is 10.2. The van der Waals surface area contributed by atoms with Gasteiger partial charge in [0.1, 0.15) is 5.82 Å². The first kappa shape index (κ1) is 40.4. The SMILES string of the molecule is CN1CC[C@@H](N)CC1c1nc2ccccc2[nH]1.Cc1ccc(S(=O)(=O)O)cc1.Cc1ccc(S(=O)(=O)O)cc1.Cc1ccc(S(=O)(=O)O)cc1. The fraction of sp³-hybridized carbons (Fsp3) is 0.265. The topological polar surface area (TPSA) is 221 Å². The van der Waals surface area contributed by atoms with Crippen molar-refractivity contribution in [1.29, 1.82) is 0 Å². The Balaban J connectivity index is 0.000000185. The van der Waals surface area contributed by atoms with E-state index >= 15 is 0 Å². The smallest absolute Gasteiger partial charge is 0.294 e. The van der Waals surface area contributed by atoms with E-state index < -0.39 is 30.4 Å². The maximum Gasteiger partial charge on any atom is 0.294 e. The highest BCUT2D eigenvalue weighted by molar-refractivity contribution is 7.86. The van der Waals surface area contributed by atoms with Gasteiger partial charge in [-0.1, -0.05) is 65.2 Å². The van der Waals surface area contributed by atoms with Gasteiger partial charge in [0.15, 0.2) is 0 Å². The number of hydrogen-bond donors (Lipinski definition) is 5. The highest BCUT2D eigenvalue weighted by Crippen LogP contribution is 2.28. The molecule has 1 saturated heterocycles. The van der Waals surface area contributed by atoms with E-state index in [4.69, 9.17) is 19.4 Å². The molecule has 1 fully saturated rings. The molecule has 50 heavy (non-hydrogen) atoms. The number of hydrogen-bond acceptors (Lipinski definition) is 9. The zero-order valence-electron chi connectivity index (χ0n) is 28.0. The quantitative estimate of drug-likeness (QED) is 0.146. The number of aromatic amines is 1. The molecule has 0 aliphatic carbocycles.